The summed E-state index contributed by atoms with van der Waals surface area (Å²) in [5.74, 6) is 0.0364. The molecule has 3 amide bonds. The van der Waals surface area contributed by atoms with Crippen LogP contribution in [0.1, 0.15) is 34.3 Å². The van der Waals surface area contributed by atoms with Crippen LogP contribution in [0.3, 0.4) is 0 Å². The summed E-state index contributed by atoms with van der Waals surface area (Å²) < 4.78 is 0. The Balaban J connectivity index is 1.33. The van der Waals surface area contributed by atoms with Gasteiger partial charge in [-0.2, -0.15) is 0 Å². The number of benzene rings is 2. The smallest absolute Gasteiger partial charge is 0.319 e. The molecule has 1 saturated heterocycles. The van der Waals surface area contributed by atoms with E-state index in [4.69, 9.17) is 11.6 Å². The Hall–Kier alpha value is -3.46. The number of hydrogen-bond donors (Lipinski definition) is 4. The first-order valence-electron chi connectivity index (χ1n) is 11.5. The van der Waals surface area contributed by atoms with Gasteiger partial charge in [-0.1, -0.05) is 41.9 Å². The number of nitrogens with one attached hydrogen (secondary N) is 3. The third-order valence-electron chi connectivity index (χ3n) is 5.99. The largest absolute Gasteiger partial charge is 0.395 e. The number of halogens is 1. The molecular formula is C26H28ClN5O3. The topological polar surface area (TPSA) is 107 Å². The standard InChI is InChI=1S/C26H28ClN5O3/c27-21-10-11-24(28-15-21)31-25(34)18-7-3-8-22(13-18)30-26(35)29-14-19-5-1-2-6-20(19)16-32-12-4-9-23(32)17-33/h1-3,5-8,10-11,13,15,23,33H,4,9,12,14,16-17H2,(H,28,31,34)(H2,29,30,35). The third-order valence-corrected chi connectivity index (χ3v) is 6.22. The Morgan fingerprint density at radius 2 is 1.89 bits per heavy atom. The zero-order valence-corrected chi connectivity index (χ0v) is 20.0. The van der Waals surface area contributed by atoms with E-state index >= 15 is 0 Å². The number of pyridine rings is 1. The van der Waals surface area contributed by atoms with Crippen molar-refractivity contribution in [2.45, 2.75) is 32.0 Å². The maximum absolute atomic E-state index is 12.6. The molecule has 1 aliphatic rings. The van der Waals surface area contributed by atoms with Crippen LogP contribution < -0.4 is 16.0 Å². The van der Waals surface area contributed by atoms with Gasteiger partial charge in [0.1, 0.15) is 5.82 Å². The van der Waals surface area contributed by atoms with E-state index in [1.807, 2.05) is 18.2 Å². The molecule has 0 spiro atoms. The van der Waals surface area contributed by atoms with Crippen LogP contribution >= 0.6 is 11.6 Å². The quantitative estimate of drug-likeness (QED) is 0.375. The first kappa shape index (κ1) is 24.7. The molecule has 2 aromatic carbocycles. The minimum Gasteiger partial charge on any atom is -0.395 e. The summed E-state index contributed by atoms with van der Waals surface area (Å²) >= 11 is 5.82. The number of nitrogens with zero attached hydrogens (tertiary/aromatic N) is 2. The van der Waals surface area contributed by atoms with Crippen LogP contribution in [0, 0.1) is 0 Å². The maximum atomic E-state index is 12.6. The second-order valence-corrected chi connectivity index (χ2v) is 8.86. The van der Waals surface area contributed by atoms with Crippen molar-refractivity contribution < 1.29 is 14.7 Å². The van der Waals surface area contributed by atoms with Gasteiger partial charge in [0.05, 0.1) is 11.6 Å². The second kappa shape index (κ2) is 11.8. The molecule has 0 saturated carbocycles. The van der Waals surface area contributed by atoms with Gasteiger partial charge < -0.3 is 21.1 Å². The van der Waals surface area contributed by atoms with Gasteiger partial charge in [0.2, 0.25) is 0 Å². The number of urea groups is 1. The minimum atomic E-state index is -0.369. The molecule has 1 aliphatic heterocycles. The maximum Gasteiger partial charge on any atom is 0.319 e. The summed E-state index contributed by atoms with van der Waals surface area (Å²) in [6, 6.07) is 17.7. The van der Waals surface area contributed by atoms with Crippen LogP contribution in [0.4, 0.5) is 16.3 Å². The molecule has 0 radical (unpaired) electrons. The van der Waals surface area contributed by atoms with Gasteiger partial charge in [0.15, 0.2) is 0 Å². The Morgan fingerprint density at radius 3 is 2.66 bits per heavy atom. The molecule has 1 unspecified atom stereocenters. The first-order chi connectivity index (χ1) is 17.0. The van der Waals surface area contributed by atoms with Gasteiger partial charge in [-0.15, -0.1) is 0 Å². The number of carbonyl (C=O) groups excluding carboxylic acids is 2. The fraction of sp³-hybridized carbons (Fsp3) is 0.269. The average Bonchev–Trinajstić information content (AvgIpc) is 3.32. The number of amides is 3. The van der Waals surface area contributed by atoms with E-state index in [1.165, 1.54) is 6.20 Å². The minimum absolute atomic E-state index is 0.163. The van der Waals surface area contributed by atoms with Gasteiger partial charge in [0, 0.05) is 36.6 Å². The molecule has 1 fully saturated rings. The lowest BCUT2D eigenvalue weighted by atomic mass is 10.1. The molecule has 4 N–H and O–H groups in total. The lowest BCUT2D eigenvalue weighted by Gasteiger charge is -2.24. The van der Waals surface area contributed by atoms with Gasteiger partial charge in [-0.05, 0) is 60.8 Å². The normalized spacial score (nSPS) is 15.5. The summed E-state index contributed by atoms with van der Waals surface area (Å²) in [6.45, 7) is 2.23. The predicted molar refractivity (Wildman–Crippen MR) is 136 cm³/mol. The monoisotopic (exact) mass is 493 g/mol. The van der Waals surface area contributed by atoms with Crippen LogP contribution in [-0.2, 0) is 13.1 Å². The molecule has 2 heterocycles. The number of hydrogen-bond acceptors (Lipinski definition) is 5. The van der Waals surface area contributed by atoms with Crippen molar-refractivity contribution in [1.29, 1.82) is 0 Å². The number of anilines is 2. The number of aliphatic hydroxyl groups is 1. The molecule has 4 rings (SSSR count). The summed E-state index contributed by atoms with van der Waals surface area (Å²) in [7, 11) is 0. The predicted octanol–water partition coefficient (Wildman–Crippen LogP) is 4.27. The van der Waals surface area contributed by atoms with E-state index in [-0.39, 0.29) is 24.6 Å². The van der Waals surface area contributed by atoms with Gasteiger partial charge in [-0.3, -0.25) is 9.69 Å². The van der Waals surface area contributed by atoms with Crippen molar-refractivity contribution in [3.63, 3.8) is 0 Å². The fourth-order valence-electron chi connectivity index (χ4n) is 4.14. The van der Waals surface area contributed by atoms with Crippen molar-refractivity contribution in [3.8, 4) is 0 Å². The van der Waals surface area contributed by atoms with Gasteiger partial charge >= 0.3 is 6.03 Å². The molecule has 182 valence electrons. The third kappa shape index (κ3) is 6.79. The van der Waals surface area contributed by atoms with E-state index in [1.54, 1.807) is 36.4 Å². The molecular weight excluding hydrogens is 466 g/mol. The molecule has 1 atom stereocenters. The van der Waals surface area contributed by atoms with Crippen LogP contribution in [0.2, 0.25) is 5.02 Å². The summed E-state index contributed by atoms with van der Waals surface area (Å²) in [5.41, 5.74) is 3.03. The highest BCUT2D eigenvalue weighted by Gasteiger charge is 2.24. The van der Waals surface area contributed by atoms with Crippen LogP contribution in [-0.4, -0.2) is 46.1 Å². The van der Waals surface area contributed by atoms with E-state index in [0.717, 1.165) is 37.1 Å². The Labute approximate surface area is 209 Å². The highest BCUT2D eigenvalue weighted by Crippen LogP contribution is 2.21. The molecule has 8 nitrogen and oxygen atoms in total. The van der Waals surface area contributed by atoms with Gasteiger partial charge in [0.25, 0.3) is 5.91 Å². The van der Waals surface area contributed by atoms with Crippen LogP contribution in [0.25, 0.3) is 0 Å². The summed E-state index contributed by atoms with van der Waals surface area (Å²) in [6.07, 6.45) is 3.54. The number of carbonyl (C=O) groups is 2. The van der Waals surface area contributed by atoms with E-state index in [9.17, 15) is 14.7 Å². The molecule has 1 aromatic heterocycles. The summed E-state index contributed by atoms with van der Waals surface area (Å²) in [4.78, 5) is 31.4. The second-order valence-electron chi connectivity index (χ2n) is 8.42. The highest BCUT2D eigenvalue weighted by molar-refractivity contribution is 6.30. The lowest BCUT2D eigenvalue weighted by Crippen LogP contribution is -2.33. The number of likely N-dealkylation sites (tertiary alicyclic amines) is 1. The average molecular weight is 494 g/mol. The molecule has 0 bridgehead atoms. The Morgan fingerprint density at radius 1 is 1.06 bits per heavy atom. The van der Waals surface area contributed by atoms with Crippen LogP contribution in [0.15, 0.2) is 66.9 Å². The zero-order valence-electron chi connectivity index (χ0n) is 19.2. The van der Waals surface area contributed by atoms with Crippen molar-refractivity contribution in [2.24, 2.45) is 0 Å². The summed E-state index contributed by atoms with van der Waals surface area (Å²) in [5, 5.41) is 18.4. The molecule has 35 heavy (non-hydrogen) atoms. The number of aliphatic hydroxyl groups excluding tert-OH is 1. The fourth-order valence-corrected chi connectivity index (χ4v) is 4.25. The van der Waals surface area contributed by atoms with E-state index in [2.05, 4.69) is 31.9 Å². The van der Waals surface area contributed by atoms with Crippen molar-refractivity contribution in [1.82, 2.24) is 15.2 Å². The Kier molecular flexibility index (Phi) is 8.31. The van der Waals surface area contributed by atoms with Crippen molar-refractivity contribution >= 4 is 35.0 Å². The van der Waals surface area contributed by atoms with Crippen LogP contribution in [0.5, 0.6) is 0 Å². The van der Waals surface area contributed by atoms with Crippen molar-refractivity contribution in [3.05, 3.63) is 88.6 Å². The van der Waals surface area contributed by atoms with E-state index in [0.29, 0.717) is 28.6 Å². The lowest BCUT2D eigenvalue weighted by molar-refractivity contribution is 0.102. The molecule has 9 heteroatoms. The molecule has 0 aliphatic carbocycles. The van der Waals surface area contributed by atoms with Gasteiger partial charge in [-0.25, -0.2) is 9.78 Å². The SMILES string of the molecule is O=C(NCc1ccccc1CN1CCCC1CO)Nc1cccc(C(=O)Nc2ccc(Cl)cn2)c1. The highest BCUT2D eigenvalue weighted by atomic mass is 35.5. The molecule has 3 aromatic rings. The Bertz CT molecular complexity index is 1170. The van der Waals surface area contributed by atoms with E-state index < -0.39 is 0 Å². The number of rotatable bonds is 8. The van der Waals surface area contributed by atoms with Crippen molar-refractivity contribution in [2.75, 3.05) is 23.8 Å². The first-order valence-corrected chi connectivity index (χ1v) is 11.9. The zero-order chi connectivity index (χ0) is 24.6. The number of aromatic nitrogens is 1.